The SMILES string of the molecule is Cc1noc(C)c1-c1cnc(C(=N)c2cnn(CC(F)(F)F)c2)c(NCC2(F)CCCCC2)c1. The van der Waals surface area contributed by atoms with E-state index in [1.807, 2.05) is 0 Å². The van der Waals surface area contributed by atoms with Crippen molar-refractivity contribution in [3.8, 4) is 11.1 Å². The van der Waals surface area contributed by atoms with Gasteiger partial charge in [0.1, 0.15) is 23.7 Å². The fourth-order valence-electron chi connectivity index (χ4n) is 4.35. The summed E-state index contributed by atoms with van der Waals surface area (Å²) in [6.07, 6.45) is 3.01. The number of nitrogens with one attached hydrogen (secondary N) is 2. The van der Waals surface area contributed by atoms with Crippen molar-refractivity contribution >= 4 is 11.4 Å². The van der Waals surface area contributed by atoms with Crippen LogP contribution < -0.4 is 5.32 Å². The molecule has 0 aromatic carbocycles. The van der Waals surface area contributed by atoms with Crippen molar-refractivity contribution in [1.82, 2.24) is 19.9 Å². The summed E-state index contributed by atoms with van der Waals surface area (Å²) in [6, 6.07) is 1.75. The highest BCUT2D eigenvalue weighted by atomic mass is 19.4. The summed E-state index contributed by atoms with van der Waals surface area (Å²) in [5, 5.41) is 19.4. The summed E-state index contributed by atoms with van der Waals surface area (Å²) in [4.78, 5) is 4.43. The zero-order chi connectivity index (χ0) is 24.5. The monoisotopic (exact) mass is 478 g/mol. The van der Waals surface area contributed by atoms with Crippen molar-refractivity contribution in [2.24, 2.45) is 0 Å². The minimum Gasteiger partial charge on any atom is -0.380 e. The lowest BCUT2D eigenvalue weighted by Gasteiger charge is -2.30. The van der Waals surface area contributed by atoms with E-state index < -0.39 is 18.4 Å². The first kappa shape index (κ1) is 23.9. The van der Waals surface area contributed by atoms with Gasteiger partial charge in [0.2, 0.25) is 0 Å². The lowest BCUT2D eigenvalue weighted by Crippen LogP contribution is -2.34. The molecule has 182 valence electrons. The van der Waals surface area contributed by atoms with Gasteiger partial charge in [-0.1, -0.05) is 24.4 Å². The van der Waals surface area contributed by atoms with E-state index in [0.29, 0.717) is 35.5 Å². The van der Waals surface area contributed by atoms with E-state index >= 15 is 4.39 Å². The summed E-state index contributed by atoms with van der Waals surface area (Å²) < 4.78 is 59.4. The maximum Gasteiger partial charge on any atom is 0.408 e. The lowest BCUT2D eigenvalue weighted by atomic mass is 9.86. The van der Waals surface area contributed by atoms with Crippen LogP contribution in [-0.2, 0) is 6.54 Å². The molecule has 0 spiro atoms. The molecule has 0 aliphatic heterocycles. The van der Waals surface area contributed by atoms with Gasteiger partial charge in [-0.25, -0.2) is 4.39 Å². The van der Waals surface area contributed by atoms with E-state index in [4.69, 9.17) is 9.93 Å². The molecule has 0 amide bonds. The molecular formula is C23H26F4N6O. The molecule has 1 aliphatic rings. The van der Waals surface area contributed by atoms with Gasteiger partial charge in [0.05, 0.1) is 23.3 Å². The number of halogens is 4. The Balaban J connectivity index is 1.67. The number of aromatic nitrogens is 4. The van der Waals surface area contributed by atoms with E-state index in [-0.39, 0.29) is 23.5 Å². The molecule has 3 heterocycles. The maximum absolute atomic E-state index is 15.3. The molecule has 3 aromatic rings. The molecule has 1 aliphatic carbocycles. The van der Waals surface area contributed by atoms with Crippen molar-refractivity contribution in [3.63, 3.8) is 0 Å². The number of rotatable bonds is 7. The quantitative estimate of drug-likeness (QED) is 0.340. The van der Waals surface area contributed by atoms with Crippen LogP contribution in [0.25, 0.3) is 11.1 Å². The molecule has 11 heteroatoms. The smallest absolute Gasteiger partial charge is 0.380 e. The van der Waals surface area contributed by atoms with Crippen LogP contribution in [0, 0.1) is 19.3 Å². The molecule has 1 fully saturated rings. The number of pyridine rings is 1. The predicted octanol–water partition coefficient (Wildman–Crippen LogP) is 5.61. The first-order chi connectivity index (χ1) is 16.0. The molecular weight excluding hydrogens is 452 g/mol. The zero-order valence-corrected chi connectivity index (χ0v) is 19.0. The highest BCUT2D eigenvalue weighted by molar-refractivity contribution is 6.12. The zero-order valence-electron chi connectivity index (χ0n) is 19.0. The topological polar surface area (TPSA) is 92.6 Å². The van der Waals surface area contributed by atoms with Crippen LogP contribution in [0.1, 0.15) is 54.8 Å². The van der Waals surface area contributed by atoms with Gasteiger partial charge >= 0.3 is 6.18 Å². The van der Waals surface area contributed by atoms with Crippen molar-refractivity contribution in [2.75, 3.05) is 11.9 Å². The van der Waals surface area contributed by atoms with Gasteiger partial charge in [-0.15, -0.1) is 0 Å². The van der Waals surface area contributed by atoms with Gasteiger partial charge in [0, 0.05) is 35.6 Å². The minimum atomic E-state index is -4.43. The summed E-state index contributed by atoms with van der Waals surface area (Å²) in [5.41, 5.74) is 1.40. The first-order valence-electron chi connectivity index (χ1n) is 11.1. The number of hydrogen-bond donors (Lipinski definition) is 2. The highest BCUT2D eigenvalue weighted by Crippen LogP contribution is 2.34. The van der Waals surface area contributed by atoms with Crippen molar-refractivity contribution in [1.29, 1.82) is 5.41 Å². The maximum atomic E-state index is 15.3. The van der Waals surface area contributed by atoms with Crippen molar-refractivity contribution < 1.29 is 22.1 Å². The average Bonchev–Trinajstić information content (AvgIpc) is 3.37. The Morgan fingerprint density at radius 2 is 1.94 bits per heavy atom. The second-order valence-corrected chi connectivity index (χ2v) is 8.80. The Morgan fingerprint density at radius 1 is 1.21 bits per heavy atom. The van der Waals surface area contributed by atoms with Crippen molar-refractivity contribution in [2.45, 2.75) is 64.3 Å². The third-order valence-electron chi connectivity index (χ3n) is 6.06. The summed E-state index contributed by atoms with van der Waals surface area (Å²) in [5.74, 6) is 0.593. The average molecular weight is 478 g/mol. The molecule has 7 nitrogen and oxygen atoms in total. The second-order valence-electron chi connectivity index (χ2n) is 8.80. The molecule has 0 atom stereocenters. The standard InChI is InChI=1S/C23H26F4N6O/c1-14-19(15(2)34-32-14)16-8-18(30-12-22(24)6-4-3-5-7-22)21(29-9-16)20(28)17-10-31-33(11-17)13-23(25,26)27/h8-11,28,30H,3-7,12-13H2,1-2H3. The number of anilines is 1. The Labute approximate surface area is 194 Å². The van der Waals surface area contributed by atoms with E-state index in [1.54, 1.807) is 26.1 Å². The fraction of sp³-hybridized carbons (Fsp3) is 0.478. The second kappa shape index (κ2) is 9.19. The molecule has 2 N–H and O–H groups in total. The van der Waals surface area contributed by atoms with Gasteiger partial charge in [-0.3, -0.25) is 15.1 Å². The van der Waals surface area contributed by atoms with Gasteiger partial charge in [-0.05, 0) is 32.8 Å². The molecule has 0 radical (unpaired) electrons. The number of hydrogen-bond acceptors (Lipinski definition) is 6. The minimum absolute atomic E-state index is 0.0490. The number of alkyl halides is 4. The summed E-state index contributed by atoms with van der Waals surface area (Å²) in [7, 11) is 0. The van der Waals surface area contributed by atoms with Gasteiger partial charge in [0.15, 0.2) is 0 Å². The molecule has 4 rings (SSSR count). The molecule has 3 aromatic heterocycles. The number of nitrogens with zero attached hydrogens (tertiary/aromatic N) is 4. The first-order valence-corrected chi connectivity index (χ1v) is 11.1. The molecule has 0 unspecified atom stereocenters. The van der Waals surface area contributed by atoms with Crippen LogP contribution in [0.2, 0.25) is 0 Å². The van der Waals surface area contributed by atoms with E-state index in [1.165, 1.54) is 6.20 Å². The third kappa shape index (κ3) is 5.28. The van der Waals surface area contributed by atoms with Gasteiger partial charge < -0.3 is 9.84 Å². The van der Waals surface area contributed by atoms with Crippen LogP contribution in [0.4, 0.5) is 23.2 Å². The van der Waals surface area contributed by atoms with E-state index in [2.05, 4.69) is 20.6 Å². The van der Waals surface area contributed by atoms with Crippen LogP contribution in [0.5, 0.6) is 0 Å². The molecule has 0 saturated heterocycles. The molecule has 34 heavy (non-hydrogen) atoms. The third-order valence-corrected chi connectivity index (χ3v) is 6.06. The Kier molecular flexibility index (Phi) is 6.46. The fourth-order valence-corrected chi connectivity index (χ4v) is 4.35. The number of aryl methyl sites for hydroxylation is 2. The molecule has 0 bridgehead atoms. The Hall–Kier alpha value is -3.24. The van der Waals surface area contributed by atoms with Crippen molar-refractivity contribution in [3.05, 3.63) is 47.4 Å². The summed E-state index contributed by atoms with van der Waals surface area (Å²) in [6.45, 7) is 2.36. The lowest BCUT2D eigenvalue weighted by molar-refractivity contribution is -0.142. The Morgan fingerprint density at radius 3 is 2.59 bits per heavy atom. The van der Waals surface area contributed by atoms with Crippen LogP contribution in [0.15, 0.2) is 29.2 Å². The van der Waals surface area contributed by atoms with Gasteiger partial charge in [-0.2, -0.15) is 18.3 Å². The summed E-state index contributed by atoms with van der Waals surface area (Å²) >= 11 is 0. The Bertz CT molecular complexity index is 1160. The largest absolute Gasteiger partial charge is 0.408 e. The normalized spacial score (nSPS) is 15.9. The van der Waals surface area contributed by atoms with Crippen LogP contribution in [0.3, 0.4) is 0 Å². The van der Waals surface area contributed by atoms with Crippen LogP contribution in [-0.4, -0.2) is 44.0 Å². The highest BCUT2D eigenvalue weighted by Gasteiger charge is 2.32. The van der Waals surface area contributed by atoms with Gasteiger partial charge in [0.25, 0.3) is 0 Å². The molecule has 1 saturated carbocycles. The van der Waals surface area contributed by atoms with E-state index in [9.17, 15) is 13.2 Å². The predicted molar refractivity (Wildman–Crippen MR) is 119 cm³/mol. The van der Waals surface area contributed by atoms with Crippen LogP contribution >= 0.6 is 0 Å². The van der Waals surface area contributed by atoms with E-state index in [0.717, 1.165) is 35.7 Å².